The van der Waals surface area contributed by atoms with E-state index in [0.717, 1.165) is 17.0 Å². The van der Waals surface area contributed by atoms with Gasteiger partial charge in [-0.2, -0.15) is 15.6 Å². The third kappa shape index (κ3) is 3.56. The molecule has 0 bridgehead atoms. The highest BCUT2D eigenvalue weighted by molar-refractivity contribution is 6.05. The maximum atomic E-state index is 11.2. The first-order valence-electron chi connectivity index (χ1n) is 6.41. The van der Waals surface area contributed by atoms with Crippen molar-refractivity contribution in [1.82, 2.24) is 10.9 Å². The highest BCUT2D eigenvalue weighted by atomic mass is 16.2. The Bertz CT molecular complexity index is 623. The first-order valence-corrected chi connectivity index (χ1v) is 6.41. The second kappa shape index (κ2) is 6.51. The summed E-state index contributed by atoms with van der Waals surface area (Å²) in [6, 6.07) is 10.0. The number of carbonyl (C=O) groups excluding carboxylic acids is 1. The normalized spacial score (nSPS) is 17.4. The lowest BCUT2D eigenvalue weighted by atomic mass is 9.94. The van der Waals surface area contributed by atoms with E-state index in [1.54, 1.807) is 24.3 Å². The largest absolute Gasteiger partial charge is 0.319 e. The van der Waals surface area contributed by atoms with E-state index in [2.05, 4.69) is 21.4 Å². The summed E-state index contributed by atoms with van der Waals surface area (Å²) < 4.78 is 0. The first-order chi connectivity index (χ1) is 10.1. The Hall–Kier alpha value is -2.90. The quantitative estimate of drug-likeness (QED) is 0.709. The number of hydrazine groups is 1. The Kier molecular flexibility index (Phi) is 4.50. The predicted molar refractivity (Wildman–Crippen MR) is 76.7 cm³/mol. The average molecular weight is 282 g/mol. The molecule has 0 radical (unpaired) electrons. The molecule has 1 unspecified atom stereocenters. The van der Waals surface area contributed by atoms with Gasteiger partial charge >= 0.3 is 0 Å². The summed E-state index contributed by atoms with van der Waals surface area (Å²) in [6.45, 7) is 1.95. The Balaban J connectivity index is 2.04. The van der Waals surface area contributed by atoms with Crippen LogP contribution >= 0.6 is 0 Å². The number of nitriles is 2. The predicted octanol–water partition coefficient (Wildman–Crippen LogP) is 0.879. The summed E-state index contributed by atoms with van der Waals surface area (Å²) in [4.78, 5) is 11.2. The van der Waals surface area contributed by atoms with Crippen LogP contribution in [-0.2, 0) is 4.79 Å². The molecule has 0 fully saturated rings. The molecular weight excluding hydrogens is 268 g/mol. The van der Waals surface area contributed by atoms with E-state index in [0.29, 0.717) is 6.42 Å². The molecule has 1 aliphatic rings. The first kappa shape index (κ1) is 14.5. The van der Waals surface area contributed by atoms with E-state index < -0.39 is 6.04 Å². The van der Waals surface area contributed by atoms with Crippen LogP contribution < -0.4 is 16.3 Å². The fraction of sp³-hybridized carbons (Fsp3) is 0.286. The number of carbonyl (C=O) groups is 1. The zero-order chi connectivity index (χ0) is 15.2. The lowest BCUT2D eigenvalue weighted by Gasteiger charge is -2.19. The van der Waals surface area contributed by atoms with Crippen molar-refractivity contribution in [2.24, 2.45) is 11.0 Å². The molecule has 1 atom stereocenters. The van der Waals surface area contributed by atoms with E-state index in [9.17, 15) is 4.79 Å². The van der Waals surface area contributed by atoms with Crippen molar-refractivity contribution in [2.45, 2.75) is 19.4 Å². The molecule has 1 aromatic rings. The molecule has 2 rings (SSSR count). The van der Waals surface area contributed by atoms with Crippen LogP contribution in [0.25, 0.3) is 0 Å². The van der Waals surface area contributed by atoms with Crippen molar-refractivity contribution >= 4 is 17.3 Å². The van der Waals surface area contributed by atoms with E-state index in [1.807, 2.05) is 19.1 Å². The van der Waals surface area contributed by atoms with E-state index in [4.69, 9.17) is 10.5 Å². The number of hydrogen-bond donors (Lipinski definition) is 3. The number of hydrazone groups is 1. The zero-order valence-electron chi connectivity index (χ0n) is 11.4. The molecule has 1 amide bonds. The van der Waals surface area contributed by atoms with Crippen LogP contribution in [0.5, 0.6) is 0 Å². The van der Waals surface area contributed by atoms with Crippen LogP contribution in [0.3, 0.4) is 0 Å². The second-order valence-electron chi connectivity index (χ2n) is 4.68. The fourth-order valence-corrected chi connectivity index (χ4v) is 1.98. The Morgan fingerprint density at radius 3 is 2.57 bits per heavy atom. The maximum absolute atomic E-state index is 11.2. The molecular formula is C14H14N6O. The van der Waals surface area contributed by atoms with Gasteiger partial charge in [-0.25, -0.2) is 10.9 Å². The van der Waals surface area contributed by atoms with Gasteiger partial charge in [0.25, 0.3) is 0 Å². The van der Waals surface area contributed by atoms with Gasteiger partial charge in [0.1, 0.15) is 0 Å². The number of hydrogen-bond acceptors (Lipinski definition) is 6. The Morgan fingerprint density at radius 1 is 1.33 bits per heavy atom. The molecule has 106 valence electrons. The highest BCUT2D eigenvalue weighted by Crippen LogP contribution is 2.18. The van der Waals surface area contributed by atoms with Crippen molar-refractivity contribution in [2.75, 3.05) is 5.43 Å². The highest BCUT2D eigenvalue weighted by Gasteiger charge is 2.21. The van der Waals surface area contributed by atoms with Crippen molar-refractivity contribution < 1.29 is 4.79 Å². The van der Waals surface area contributed by atoms with Crippen LogP contribution in [0.15, 0.2) is 29.4 Å². The number of amides is 1. The molecule has 3 N–H and O–H groups in total. The molecule has 0 aromatic heterocycles. The van der Waals surface area contributed by atoms with Crippen LogP contribution in [0.2, 0.25) is 0 Å². The Morgan fingerprint density at radius 2 is 2.00 bits per heavy atom. The third-order valence-corrected chi connectivity index (χ3v) is 3.06. The second-order valence-corrected chi connectivity index (χ2v) is 4.68. The summed E-state index contributed by atoms with van der Waals surface area (Å²) in [5.74, 6) is -0.00923. The fourth-order valence-electron chi connectivity index (χ4n) is 1.98. The van der Waals surface area contributed by atoms with Crippen molar-refractivity contribution in [3.8, 4) is 12.1 Å². The minimum Gasteiger partial charge on any atom is -0.319 e. The Labute approximate surface area is 122 Å². The number of nitrogens with one attached hydrogen (secondary N) is 3. The molecule has 1 aliphatic heterocycles. The zero-order valence-corrected chi connectivity index (χ0v) is 11.4. The molecule has 0 saturated carbocycles. The molecule has 0 spiro atoms. The van der Waals surface area contributed by atoms with Gasteiger partial charge in [-0.15, -0.1) is 0 Å². The number of anilines is 1. The topological polar surface area (TPSA) is 113 Å². The SMILES string of the molecule is CC1CC(=O)NN=C1c1ccc(NNC(C#N)C#N)cc1. The van der Waals surface area contributed by atoms with Crippen molar-refractivity contribution in [1.29, 1.82) is 10.5 Å². The standard InChI is InChI=1S/C14H14N6O/c1-9-6-13(21)19-20-14(9)10-2-4-11(5-3-10)17-18-12(7-15)8-16/h2-5,9,12,17-18H,6H2,1H3,(H,19,21). The molecule has 1 heterocycles. The number of rotatable bonds is 4. The summed E-state index contributed by atoms with van der Waals surface area (Å²) in [6.07, 6.45) is 0.423. The molecule has 0 aliphatic carbocycles. The monoisotopic (exact) mass is 282 g/mol. The molecule has 1 aromatic carbocycles. The minimum absolute atomic E-state index is 0.0669. The van der Waals surface area contributed by atoms with Gasteiger partial charge < -0.3 is 5.43 Å². The summed E-state index contributed by atoms with van der Waals surface area (Å²) in [7, 11) is 0. The third-order valence-electron chi connectivity index (χ3n) is 3.06. The van der Waals surface area contributed by atoms with Crippen molar-refractivity contribution in [3.63, 3.8) is 0 Å². The summed E-state index contributed by atoms with van der Waals surface area (Å²) in [5.41, 5.74) is 10.3. The van der Waals surface area contributed by atoms with Crippen LogP contribution in [0.1, 0.15) is 18.9 Å². The molecule has 7 heteroatoms. The van der Waals surface area contributed by atoms with Crippen molar-refractivity contribution in [3.05, 3.63) is 29.8 Å². The van der Waals surface area contributed by atoms with Gasteiger partial charge in [0.2, 0.25) is 5.91 Å². The smallest absolute Gasteiger partial charge is 0.240 e. The molecule has 7 nitrogen and oxygen atoms in total. The lowest BCUT2D eigenvalue weighted by Crippen LogP contribution is -2.32. The average Bonchev–Trinajstić information content (AvgIpc) is 2.49. The summed E-state index contributed by atoms with van der Waals surface area (Å²) >= 11 is 0. The van der Waals surface area contributed by atoms with Gasteiger partial charge in [0.05, 0.1) is 17.9 Å². The van der Waals surface area contributed by atoms with E-state index >= 15 is 0 Å². The lowest BCUT2D eigenvalue weighted by molar-refractivity contribution is -0.121. The summed E-state index contributed by atoms with van der Waals surface area (Å²) in [5, 5.41) is 21.4. The maximum Gasteiger partial charge on any atom is 0.240 e. The van der Waals surface area contributed by atoms with Crippen LogP contribution in [0.4, 0.5) is 5.69 Å². The minimum atomic E-state index is -0.914. The van der Waals surface area contributed by atoms with Gasteiger partial charge in [-0.3, -0.25) is 4.79 Å². The van der Waals surface area contributed by atoms with Gasteiger partial charge in [-0.1, -0.05) is 19.1 Å². The van der Waals surface area contributed by atoms with Crippen LogP contribution in [0, 0.1) is 28.6 Å². The number of nitrogens with zero attached hydrogens (tertiary/aromatic N) is 3. The van der Waals surface area contributed by atoms with Gasteiger partial charge in [0.15, 0.2) is 6.04 Å². The van der Waals surface area contributed by atoms with E-state index in [-0.39, 0.29) is 11.8 Å². The van der Waals surface area contributed by atoms with Gasteiger partial charge in [0, 0.05) is 18.0 Å². The molecule has 0 saturated heterocycles. The van der Waals surface area contributed by atoms with Crippen LogP contribution in [-0.4, -0.2) is 17.7 Å². The molecule has 21 heavy (non-hydrogen) atoms. The van der Waals surface area contributed by atoms with E-state index in [1.165, 1.54) is 0 Å². The van der Waals surface area contributed by atoms with Gasteiger partial charge in [-0.05, 0) is 17.7 Å². The number of benzene rings is 1.